The summed E-state index contributed by atoms with van der Waals surface area (Å²) in [5, 5.41) is 0. The van der Waals surface area contributed by atoms with Crippen LogP contribution >= 0.6 is 0 Å². The van der Waals surface area contributed by atoms with E-state index in [9.17, 15) is 4.79 Å². The summed E-state index contributed by atoms with van der Waals surface area (Å²) in [5.41, 5.74) is 0.996. The topological polar surface area (TPSA) is 20.1 Å². The Balaban J connectivity index is 2.16. The van der Waals surface area contributed by atoms with E-state index in [1.807, 2.05) is 46.0 Å². The highest BCUT2D eigenvalue weighted by Crippen LogP contribution is 2.44. The molecule has 1 aliphatic heterocycles. The van der Waals surface area contributed by atoms with Gasteiger partial charge in [0, 0.05) is 5.41 Å². The van der Waals surface area contributed by atoms with Gasteiger partial charge in [-0.05, 0) is 12.6 Å². The highest BCUT2D eigenvalue weighted by Gasteiger charge is 2.52. The van der Waals surface area contributed by atoms with E-state index in [0.29, 0.717) is 5.78 Å². The largest absolute Gasteiger partial charge is 0.297 e. The quantitative estimate of drug-likeness (QED) is 0.710. The van der Waals surface area contributed by atoms with E-state index in [0.717, 1.165) is 0 Å². The van der Waals surface area contributed by atoms with Crippen LogP contribution in [0.3, 0.4) is 0 Å². The molecule has 1 aromatic rings. The maximum Gasteiger partial charge on any atom is 0.157 e. The number of hydrogen-bond donors (Lipinski definition) is 0. The molecule has 0 radical (unpaired) electrons. The van der Waals surface area contributed by atoms with Gasteiger partial charge in [0.1, 0.15) is 0 Å². The zero-order valence-electron chi connectivity index (χ0n) is 10.4. The van der Waals surface area contributed by atoms with E-state index in [1.165, 1.54) is 5.56 Å². The van der Waals surface area contributed by atoms with Gasteiger partial charge in [-0.25, -0.2) is 0 Å². The molecule has 3 atom stereocenters. The van der Waals surface area contributed by atoms with Crippen LogP contribution in [-0.2, 0) is 4.79 Å². The molecule has 1 aliphatic rings. The van der Waals surface area contributed by atoms with Crippen molar-refractivity contribution in [3.63, 3.8) is 0 Å². The van der Waals surface area contributed by atoms with Gasteiger partial charge in [0.25, 0.3) is 0 Å². The first kappa shape index (κ1) is 11.3. The minimum Gasteiger partial charge on any atom is -0.297 e. The molecule has 0 N–H and O–H groups in total. The zero-order chi connectivity index (χ0) is 11.9. The SMILES string of the molecule is CN1[C@H](C(=O)C(C)(C)C)[C@H]1c1ccccc1. The molecule has 0 aliphatic carbocycles. The van der Waals surface area contributed by atoms with Crippen LogP contribution in [0.1, 0.15) is 32.4 Å². The van der Waals surface area contributed by atoms with Gasteiger partial charge in [-0.2, -0.15) is 0 Å². The lowest BCUT2D eigenvalue weighted by Crippen LogP contribution is -2.27. The van der Waals surface area contributed by atoms with Crippen molar-refractivity contribution in [3.05, 3.63) is 35.9 Å². The Morgan fingerprint density at radius 3 is 2.25 bits per heavy atom. The van der Waals surface area contributed by atoms with Crippen LogP contribution in [0.2, 0.25) is 0 Å². The molecule has 1 unspecified atom stereocenters. The maximum absolute atomic E-state index is 12.2. The summed E-state index contributed by atoms with van der Waals surface area (Å²) >= 11 is 0. The molecule has 1 heterocycles. The van der Waals surface area contributed by atoms with Crippen LogP contribution in [0.15, 0.2) is 30.3 Å². The Hall–Kier alpha value is -1.15. The molecule has 1 aromatic carbocycles. The predicted molar refractivity (Wildman–Crippen MR) is 65.2 cm³/mol. The Bertz CT molecular complexity index is 391. The van der Waals surface area contributed by atoms with Gasteiger partial charge in [-0.15, -0.1) is 0 Å². The Kier molecular flexibility index (Phi) is 2.62. The third-order valence-corrected chi connectivity index (χ3v) is 3.24. The smallest absolute Gasteiger partial charge is 0.157 e. The molecule has 1 saturated heterocycles. The molecular formula is C14H19NO. The second-order valence-corrected chi connectivity index (χ2v) is 5.58. The summed E-state index contributed by atoms with van der Waals surface area (Å²) in [6, 6.07) is 10.6. The Labute approximate surface area is 97.3 Å². The van der Waals surface area contributed by atoms with Gasteiger partial charge < -0.3 is 0 Å². The number of Topliss-reactive ketones (excluding diaryl/α,β-unsaturated/α-hetero) is 1. The van der Waals surface area contributed by atoms with Crippen LogP contribution in [0.25, 0.3) is 0 Å². The normalized spacial score (nSPS) is 28.9. The van der Waals surface area contributed by atoms with Crippen LogP contribution in [0.4, 0.5) is 0 Å². The highest BCUT2D eigenvalue weighted by atomic mass is 16.1. The van der Waals surface area contributed by atoms with Crippen molar-refractivity contribution < 1.29 is 4.79 Å². The van der Waals surface area contributed by atoms with Crippen LogP contribution in [0.5, 0.6) is 0 Å². The monoisotopic (exact) mass is 217 g/mol. The first-order chi connectivity index (χ1) is 7.43. The minimum absolute atomic E-state index is 0.0717. The standard InChI is InChI=1S/C14H19NO/c1-14(2,3)13(16)12-11(15(12)4)10-8-6-5-7-9-10/h5-9,11-12H,1-4H3/t11-,12+,15?/m1/s1. The van der Waals surface area contributed by atoms with Gasteiger partial charge >= 0.3 is 0 Å². The first-order valence-corrected chi connectivity index (χ1v) is 5.74. The molecule has 2 nitrogen and oxygen atoms in total. The molecule has 0 saturated carbocycles. The zero-order valence-corrected chi connectivity index (χ0v) is 10.4. The van der Waals surface area contributed by atoms with Crippen molar-refractivity contribution in [3.8, 4) is 0 Å². The van der Waals surface area contributed by atoms with E-state index in [4.69, 9.17) is 0 Å². The van der Waals surface area contributed by atoms with Gasteiger partial charge in [0.2, 0.25) is 0 Å². The second-order valence-electron chi connectivity index (χ2n) is 5.58. The highest BCUT2D eigenvalue weighted by molar-refractivity contribution is 5.92. The van der Waals surface area contributed by atoms with Crippen molar-refractivity contribution in [2.24, 2.45) is 5.41 Å². The van der Waals surface area contributed by atoms with Crippen molar-refractivity contribution in [2.75, 3.05) is 7.05 Å². The van der Waals surface area contributed by atoms with Gasteiger partial charge in [-0.1, -0.05) is 51.1 Å². The summed E-state index contributed by atoms with van der Waals surface area (Å²) < 4.78 is 0. The van der Waals surface area contributed by atoms with Crippen LogP contribution in [-0.4, -0.2) is 23.8 Å². The van der Waals surface area contributed by atoms with Crippen molar-refractivity contribution >= 4 is 5.78 Å². The molecular weight excluding hydrogens is 198 g/mol. The minimum atomic E-state index is -0.248. The van der Waals surface area contributed by atoms with Gasteiger partial charge in [0.05, 0.1) is 12.1 Å². The maximum atomic E-state index is 12.2. The van der Waals surface area contributed by atoms with Gasteiger partial charge in [0.15, 0.2) is 5.78 Å². The second kappa shape index (κ2) is 3.70. The molecule has 0 amide bonds. The van der Waals surface area contributed by atoms with E-state index in [1.54, 1.807) is 0 Å². The fourth-order valence-electron chi connectivity index (χ4n) is 2.18. The fraction of sp³-hybridized carbons (Fsp3) is 0.500. The Morgan fingerprint density at radius 2 is 1.75 bits per heavy atom. The van der Waals surface area contributed by atoms with E-state index < -0.39 is 0 Å². The van der Waals surface area contributed by atoms with Crippen molar-refractivity contribution in [1.29, 1.82) is 0 Å². The lowest BCUT2D eigenvalue weighted by atomic mass is 9.87. The summed E-state index contributed by atoms with van der Waals surface area (Å²) in [6.45, 7) is 5.97. The predicted octanol–water partition coefficient (Wildman–Crippen LogP) is 2.66. The molecule has 16 heavy (non-hydrogen) atoms. The number of benzene rings is 1. The summed E-state index contributed by atoms with van der Waals surface area (Å²) in [5.74, 6) is 0.337. The van der Waals surface area contributed by atoms with Crippen LogP contribution < -0.4 is 0 Å². The average molecular weight is 217 g/mol. The molecule has 0 bridgehead atoms. The number of nitrogens with zero attached hydrogens (tertiary/aromatic N) is 1. The third-order valence-electron chi connectivity index (χ3n) is 3.24. The number of carbonyl (C=O) groups excluding carboxylic acids is 1. The summed E-state index contributed by atoms with van der Waals surface area (Å²) in [6.07, 6.45) is 0. The molecule has 2 rings (SSSR count). The number of ketones is 1. The number of rotatable bonds is 2. The molecule has 0 aromatic heterocycles. The number of likely N-dealkylation sites (N-methyl/N-ethyl adjacent to an activating group) is 1. The average Bonchev–Trinajstić information content (AvgIpc) is 2.88. The summed E-state index contributed by atoms with van der Waals surface area (Å²) in [4.78, 5) is 14.3. The third kappa shape index (κ3) is 1.90. The lowest BCUT2D eigenvalue weighted by molar-refractivity contribution is -0.126. The summed E-state index contributed by atoms with van der Waals surface area (Å²) in [7, 11) is 2.02. The molecule has 86 valence electrons. The molecule has 0 spiro atoms. The van der Waals surface area contributed by atoms with Crippen molar-refractivity contribution in [1.82, 2.24) is 4.90 Å². The first-order valence-electron chi connectivity index (χ1n) is 5.74. The Morgan fingerprint density at radius 1 is 1.19 bits per heavy atom. The van der Waals surface area contributed by atoms with Crippen LogP contribution in [0, 0.1) is 5.41 Å². The van der Waals surface area contributed by atoms with E-state index >= 15 is 0 Å². The molecule has 2 heteroatoms. The molecule has 1 fully saturated rings. The van der Waals surface area contributed by atoms with Gasteiger partial charge in [-0.3, -0.25) is 9.69 Å². The number of hydrogen-bond acceptors (Lipinski definition) is 2. The fourth-order valence-corrected chi connectivity index (χ4v) is 2.18. The van der Waals surface area contributed by atoms with E-state index in [2.05, 4.69) is 17.0 Å². The number of carbonyl (C=O) groups is 1. The van der Waals surface area contributed by atoms with E-state index in [-0.39, 0.29) is 17.5 Å². The van der Waals surface area contributed by atoms with Crippen molar-refractivity contribution in [2.45, 2.75) is 32.9 Å². The lowest BCUT2D eigenvalue weighted by Gasteiger charge is -2.15.